The van der Waals surface area contributed by atoms with Gasteiger partial charge >= 0.3 is 0 Å². The van der Waals surface area contributed by atoms with Crippen molar-refractivity contribution in [1.82, 2.24) is 14.9 Å². The fourth-order valence-electron chi connectivity index (χ4n) is 5.13. The topological polar surface area (TPSA) is 42.3 Å². The third-order valence-corrected chi connectivity index (χ3v) is 7.35. The van der Waals surface area contributed by atoms with Crippen LogP contribution < -0.4 is 15.0 Å². The quantitative estimate of drug-likeness (QED) is 0.310. The Balaban J connectivity index is 1.73. The van der Waals surface area contributed by atoms with Crippen LogP contribution in [0.15, 0.2) is 72.9 Å². The Kier molecular flexibility index (Phi) is 6.26. The molecule has 2 aromatic heterocycles. The van der Waals surface area contributed by atoms with E-state index in [1.54, 1.807) is 7.11 Å². The number of anilines is 1. The van der Waals surface area contributed by atoms with Gasteiger partial charge in [-0.2, -0.15) is 0 Å². The number of thiocarbonyl (C=S) groups is 1. The molecule has 1 N–H and O–H groups in total. The summed E-state index contributed by atoms with van der Waals surface area (Å²) in [6, 6.07) is 21.7. The maximum atomic E-state index is 6.36. The van der Waals surface area contributed by atoms with Crippen LogP contribution in [-0.4, -0.2) is 21.8 Å². The number of aromatic nitrogens is 2. The molecule has 35 heavy (non-hydrogen) atoms. The molecule has 2 aromatic carbocycles. The molecule has 0 bridgehead atoms. The highest BCUT2D eigenvalue weighted by molar-refractivity contribution is 7.80. The maximum Gasteiger partial charge on any atom is 0.174 e. The van der Waals surface area contributed by atoms with Crippen molar-refractivity contribution in [2.24, 2.45) is 0 Å². The molecule has 1 saturated heterocycles. The van der Waals surface area contributed by atoms with Crippen LogP contribution in [0.2, 0.25) is 5.02 Å². The number of pyridine rings is 1. The van der Waals surface area contributed by atoms with Crippen LogP contribution in [0.1, 0.15) is 40.3 Å². The molecule has 0 saturated carbocycles. The predicted molar refractivity (Wildman–Crippen MR) is 146 cm³/mol. The van der Waals surface area contributed by atoms with Gasteiger partial charge in [-0.25, -0.2) is 0 Å². The third kappa shape index (κ3) is 4.07. The minimum Gasteiger partial charge on any atom is -0.497 e. The summed E-state index contributed by atoms with van der Waals surface area (Å²) in [4.78, 5) is 6.88. The highest BCUT2D eigenvalue weighted by atomic mass is 35.5. The van der Waals surface area contributed by atoms with Gasteiger partial charge in [-0.3, -0.25) is 4.98 Å². The van der Waals surface area contributed by atoms with Gasteiger partial charge in [0.2, 0.25) is 0 Å². The van der Waals surface area contributed by atoms with Crippen molar-refractivity contribution in [3.63, 3.8) is 0 Å². The Morgan fingerprint density at radius 2 is 1.71 bits per heavy atom. The average molecular weight is 503 g/mol. The lowest BCUT2D eigenvalue weighted by Crippen LogP contribution is -2.29. The van der Waals surface area contributed by atoms with Crippen molar-refractivity contribution >= 4 is 34.6 Å². The molecule has 178 valence electrons. The molecule has 4 aromatic rings. The van der Waals surface area contributed by atoms with Crippen molar-refractivity contribution < 1.29 is 4.74 Å². The summed E-state index contributed by atoms with van der Waals surface area (Å²) in [7, 11) is 1.68. The van der Waals surface area contributed by atoms with Gasteiger partial charge in [0.15, 0.2) is 5.11 Å². The highest BCUT2D eigenvalue weighted by Gasteiger charge is 2.43. The lowest BCUT2D eigenvalue weighted by molar-refractivity contribution is 0.415. The zero-order valence-electron chi connectivity index (χ0n) is 20.1. The number of benzene rings is 2. The van der Waals surface area contributed by atoms with E-state index in [-0.39, 0.29) is 12.1 Å². The second kappa shape index (κ2) is 9.36. The van der Waals surface area contributed by atoms with E-state index in [2.05, 4.69) is 47.7 Å². The summed E-state index contributed by atoms with van der Waals surface area (Å²) in [6.45, 7) is 6.50. The third-order valence-electron chi connectivity index (χ3n) is 6.80. The summed E-state index contributed by atoms with van der Waals surface area (Å²) in [5.74, 6) is 0.784. The van der Waals surface area contributed by atoms with E-state index in [1.165, 1.54) is 16.8 Å². The molecule has 7 heteroatoms. The summed E-state index contributed by atoms with van der Waals surface area (Å²) >= 11 is 12.3. The smallest absolute Gasteiger partial charge is 0.174 e. The van der Waals surface area contributed by atoms with Crippen LogP contribution in [0.4, 0.5) is 5.69 Å². The first-order chi connectivity index (χ1) is 16.9. The molecular formula is C28H27ClN4OS. The molecular weight excluding hydrogens is 476 g/mol. The fraction of sp³-hybridized carbons (Fsp3) is 0.214. The molecule has 1 aliphatic heterocycles. The van der Waals surface area contributed by atoms with Crippen molar-refractivity contribution in [3.8, 4) is 11.4 Å². The van der Waals surface area contributed by atoms with Crippen LogP contribution in [0.25, 0.3) is 5.69 Å². The van der Waals surface area contributed by atoms with E-state index in [0.29, 0.717) is 10.1 Å². The largest absolute Gasteiger partial charge is 0.497 e. The summed E-state index contributed by atoms with van der Waals surface area (Å²) in [5.41, 5.74) is 7.70. The van der Waals surface area contributed by atoms with E-state index in [0.717, 1.165) is 28.5 Å². The van der Waals surface area contributed by atoms with Gasteiger partial charge in [0, 0.05) is 45.6 Å². The van der Waals surface area contributed by atoms with Crippen molar-refractivity contribution in [1.29, 1.82) is 0 Å². The van der Waals surface area contributed by atoms with E-state index in [4.69, 9.17) is 33.5 Å². The monoisotopic (exact) mass is 502 g/mol. The predicted octanol–water partition coefficient (Wildman–Crippen LogP) is 6.64. The highest BCUT2D eigenvalue weighted by Crippen LogP contribution is 2.45. The first-order valence-corrected chi connectivity index (χ1v) is 12.3. The molecule has 3 heterocycles. The molecule has 5 nitrogen and oxygen atoms in total. The van der Waals surface area contributed by atoms with Crippen LogP contribution in [0.3, 0.4) is 0 Å². The lowest BCUT2D eigenvalue weighted by Gasteiger charge is -2.29. The number of hydrogen-bond acceptors (Lipinski definition) is 3. The Bertz CT molecular complexity index is 1400. The first-order valence-electron chi connectivity index (χ1n) is 11.5. The molecule has 1 fully saturated rings. The molecule has 0 aliphatic carbocycles. The van der Waals surface area contributed by atoms with Crippen LogP contribution >= 0.6 is 23.8 Å². The lowest BCUT2D eigenvalue weighted by atomic mass is 9.93. The van der Waals surface area contributed by atoms with Gasteiger partial charge in [-0.05, 0) is 81.0 Å². The number of nitrogens with one attached hydrogen (secondary N) is 1. The van der Waals surface area contributed by atoms with E-state index >= 15 is 0 Å². The molecule has 2 atom stereocenters. The van der Waals surface area contributed by atoms with Crippen LogP contribution in [-0.2, 0) is 0 Å². The van der Waals surface area contributed by atoms with E-state index in [9.17, 15) is 0 Å². The van der Waals surface area contributed by atoms with E-state index in [1.807, 2.05) is 60.8 Å². The number of ether oxygens (including phenoxy) is 1. The average Bonchev–Trinajstić information content (AvgIpc) is 3.31. The molecule has 5 rings (SSSR count). The minimum absolute atomic E-state index is 0.108. The number of rotatable bonds is 5. The molecule has 0 amide bonds. The van der Waals surface area contributed by atoms with Gasteiger partial charge in [-0.15, -0.1) is 0 Å². The number of halogens is 1. The Morgan fingerprint density at radius 1 is 0.943 bits per heavy atom. The zero-order valence-corrected chi connectivity index (χ0v) is 21.7. The zero-order chi connectivity index (χ0) is 24.7. The van der Waals surface area contributed by atoms with Gasteiger partial charge in [-0.1, -0.05) is 29.8 Å². The van der Waals surface area contributed by atoms with Gasteiger partial charge in [0.25, 0.3) is 0 Å². The van der Waals surface area contributed by atoms with Gasteiger partial charge < -0.3 is 19.5 Å². The maximum absolute atomic E-state index is 6.36. The first kappa shape index (κ1) is 23.4. The fourth-order valence-corrected chi connectivity index (χ4v) is 5.66. The Labute approximate surface area is 216 Å². The Hall–Kier alpha value is -3.35. The minimum atomic E-state index is -0.123. The normalized spacial score (nSPS) is 17.5. The second-order valence-corrected chi connectivity index (χ2v) is 9.55. The summed E-state index contributed by atoms with van der Waals surface area (Å²) < 4.78 is 7.80. The molecule has 0 radical (unpaired) electrons. The molecule has 1 aliphatic rings. The SMILES string of the molecule is COc1cccc(N2C(=S)N[C@H](c3ccccn3)[C@@H]2c2c(C)c(C)n(-c3cccc(Cl)c3)c2C)c1. The van der Waals surface area contributed by atoms with Gasteiger partial charge in [0.1, 0.15) is 5.75 Å². The van der Waals surface area contributed by atoms with E-state index < -0.39 is 0 Å². The van der Waals surface area contributed by atoms with Gasteiger partial charge in [0.05, 0.1) is 24.9 Å². The summed E-state index contributed by atoms with van der Waals surface area (Å²) in [6.07, 6.45) is 1.83. The van der Waals surface area contributed by atoms with Crippen LogP contribution in [0.5, 0.6) is 5.75 Å². The Morgan fingerprint density at radius 3 is 2.43 bits per heavy atom. The number of nitrogens with zero attached hydrogens (tertiary/aromatic N) is 3. The van der Waals surface area contributed by atoms with Crippen molar-refractivity contribution in [2.75, 3.05) is 12.0 Å². The van der Waals surface area contributed by atoms with Crippen molar-refractivity contribution in [2.45, 2.75) is 32.9 Å². The summed E-state index contributed by atoms with van der Waals surface area (Å²) in [5, 5.41) is 4.93. The number of methoxy groups -OCH3 is 1. The number of hydrogen-bond donors (Lipinski definition) is 1. The standard InChI is InChI=1S/C28H27ClN4OS/c1-17-18(2)32(21-10-7-9-20(29)15-21)19(3)25(17)27-26(24-13-5-6-14-30-24)31-28(35)33(27)22-11-8-12-23(16-22)34-4/h5-16,26-27H,1-4H3,(H,31,35)/t26-,27+/m1/s1. The van der Waals surface area contributed by atoms with Crippen molar-refractivity contribution in [3.05, 3.63) is 106 Å². The second-order valence-electron chi connectivity index (χ2n) is 8.72. The molecule has 0 unspecified atom stereocenters. The molecule has 0 spiro atoms. The van der Waals surface area contributed by atoms with Crippen LogP contribution in [0, 0.1) is 20.8 Å².